The van der Waals surface area contributed by atoms with Gasteiger partial charge in [0.05, 0.1) is 25.8 Å². The molecule has 1 aromatic rings. The summed E-state index contributed by atoms with van der Waals surface area (Å²) in [5, 5.41) is 4.53. The molecule has 1 aromatic heterocycles. The fraction of sp³-hybridized carbons (Fsp3) is 0.417. The molecular formula is C12H14F3N3O3. The first-order valence-electron chi connectivity index (χ1n) is 5.93. The molecule has 0 aliphatic carbocycles. The van der Waals surface area contributed by atoms with Gasteiger partial charge in [-0.15, -0.1) is 0 Å². The minimum absolute atomic E-state index is 0.0380. The molecule has 0 saturated heterocycles. The number of halogens is 3. The van der Waals surface area contributed by atoms with Crippen LogP contribution in [0.3, 0.4) is 0 Å². The lowest BCUT2D eigenvalue weighted by molar-refractivity contribution is -0.132. The van der Waals surface area contributed by atoms with E-state index >= 15 is 0 Å². The van der Waals surface area contributed by atoms with E-state index in [0.717, 1.165) is 0 Å². The Morgan fingerprint density at radius 2 is 2.05 bits per heavy atom. The second-order valence-electron chi connectivity index (χ2n) is 4.00. The van der Waals surface area contributed by atoms with Gasteiger partial charge in [0.15, 0.2) is 0 Å². The van der Waals surface area contributed by atoms with Crippen LogP contribution in [-0.2, 0) is 11.3 Å². The van der Waals surface area contributed by atoms with Crippen LogP contribution in [0, 0.1) is 0 Å². The van der Waals surface area contributed by atoms with Crippen LogP contribution in [0.4, 0.5) is 18.0 Å². The van der Waals surface area contributed by atoms with Gasteiger partial charge in [-0.25, -0.2) is 4.79 Å². The number of amides is 2. The van der Waals surface area contributed by atoms with Gasteiger partial charge in [-0.1, -0.05) is 0 Å². The highest BCUT2D eigenvalue weighted by Crippen LogP contribution is 2.18. The number of ether oxygens (including phenoxy) is 1. The molecule has 2 N–H and O–H groups in total. The van der Waals surface area contributed by atoms with E-state index in [-0.39, 0.29) is 12.1 Å². The molecule has 1 heterocycles. The van der Waals surface area contributed by atoms with Crippen molar-refractivity contribution in [2.75, 3.05) is 13.7 Å². The second kappa shape index (κ2) is 7.46. The summed E-state index contributed by atoms with van der Waals surface area (Å²) in [4.78, 5) is 26.5. The molecule has 0 radical (unpaired) electrons. The van der Waals surface area contributed by atoms with Crippen LogP contribution in [0.5, 0.6) is 0 Å². The zero-order valence-corrected chi connectivity index (χ0v) is 11.2. The van der Waals surface area contributed by atoms with Gasteiger partial charge in [-0.2, -0.15) is 13.2 Å². The average Bonchev–Trinajstić information content (AvgIpc) is 2.43. The molecule has 0 aromatic carbocycles. The van der Waals surface area contributed by atoms with Crippen molar-refractivity contribution in [1.82, 2.24) is 15.6 Å². The number of aromatic nitrogens is 1. The number of alkyl carbamates (subject to hydrolysis) is 1. The van der Waals surface area contributed by atoms with Gasteiger partial charge in [0.2, 0.25) is 0 Å². The number of pyridine rings is 1. The van der Waals surface area contributed by atoms with Crippen molar-refractivity contribution in [1.29, 1.82) is 0 Å². The van der Waals surface area contributed by atoms with Gasteiger partial charge in [0.25, 0.3) is 5.91 Å². The zero-order chi connectivity index (χ0) is 15.9. The van der Waals surface area contributed by atoms with Crippen molar-refractivity contribution in [3.63, 3.8) is 0 Å². The number of nitrogens with one attached hydrogen (secondary N) is 2. The van der Waals surface area contributed by atoms with Gasteiger partial charge >= 0.3 is 12.3 Å². The molecule has 0 unspecified atom stereocenters. The highest BCUT2D eigenvalue weighted by atomic mass is 19.4. The Labute approximate surface area is 118 Å². The first-order chi connectivity index (χ1) is 9.81. The third kappa shape index (κ3) is 6.59. The van der Waals surface area contributed by atoms with Gasteiger partial charge in [0.1, 0.15) is 0 Å². The summed E-state index contributed by atoms with van der Waals surface area (Å²) in [7, 11) is 1.20. The Morgan fingerprint density at radius 3 is 2.67 bits per heavy atom. The molecule has 0 aliphatic heterocycles. The summed E-state index contributed by atoms with van der Waals surface area (Å²) in [5.74, 6) is -0.638. The molecule has 21 heavy (non-hydrogen) atoms. The predicted molar refractivity (Wildman–Crippen MR) is 66.5 cm³/mol. The summed E-state index contributed by atoms with van der Waals surface area (Å²) in [6.45, 7) is -0.462. The number of methoxy groups -OCH3 is 1. The first kappa shape index (κ1) is 16.7. The Hall–Kier alpha value is -2.32. The average molecular weight is 305 g/mol. The van der Waals surface area contributed by atoms with Crippen molar-refractivity contribution < 1.29 is 27.5 Å². The van der Waals surface area contributed by atoms with Crippen molar-refractivity contribution in [2.45, 2.75) is 19.1 Å². The summed E-state index contributed by atoms with van der Waals surface area (Å²) < 4.78 is 40.3. The largest absolute Gasteiger partial charge is 0.453 e. The highest BCUT2D eigenvalue weighted by molar-refractivity contribution is 5.94. The van der Waals surface area contributed by atoms with E-state index < -0.39 is 31.1 Å². The summed E-state index contributed by atoms with van der Waals surface area (Å²) in [6.07, 6.45) is -4.74. The second-order valence-corrected chi connectivity index (χ2v) is 4.00. The third-order valence-electron chi connectivity index (χ3n) is 2.37. The molecular weight excluding hydrogens is 291 g/mol. The molecule has 0 bridgehead atoms. The minimum Gasteiger partial charge on any atom is -0.453 e. The van der Waals surface area contributed by atoms with Crippen LogP contribution in [0.15, 0.2) is 18.3 Å². The van der Waals surface area contributed by atoms with Crippen molar-refractivity contribution in [3.05, 3.63) is 29.6 Å². The van der Waals surface area contributed by atoms with Crippen LogP contribution < -0.4 is 10.6 Å². The lowest BCUT2D eigenvalue weighted by atomic mass is 10.2. The summed E-state index contributed by atoms with van der Waals surface area (Å²) in [6, 6.07) is 2.74. The Balaban J connectivity index is 2.54. The van der Waals surface area contributed by atoms with Gasteiger partial charge in [-0.3, -0.25) is 9.78 Å². The molecule has 2 amide bonds. The van der Waals surface area contributed by atoms with Crippen LogP contribution in [0.2, 0.25) is 0 Å². The normalized spacial score (nSPS) is 10.9. The highest BCUT2D eigenvalue weighted by Gasteiger charge is 2.26. The zero-order valence-electron chi connectivity index (χ0n) is 11.2. The summed E-state index contributed by atoms with van der Waals surface area (Å²) >= 11 is 0. The number of rotatable bonds is 5. The summed E-state index contributed by atoms with van der Waals surface area (Å²) in [5.41, 5.74) is 0.540. The quantitative estimate of drug-likeness (QED) is 0.866. The van der Waals surface area contributed by atoms with Gasteiger partial charge in [-0.05, 0) is 12.1 Å². The molecule has 116 valence electrons. The molecule has 0 aliphatic rings. The van der Waals surface area contributed by atoms with E-state index in [1.807, 2.05) is 0 Å². The fourth-order valence-electron chi connectivity index (χ4n) is 1.37. The van der Waals surface area contributed by atoms with E-state index in [1.165, 1.54) is 25.4 Å². The Morgan fingerprint density at radius 1 is 1.33 bits per heavy atom. The minimum atomic E-state index is -4.32. The Bertz CT molecular complexity index is 506. The monoisotopic (exact) mass is 305 g/mol. The van der Waals surface area contributed by atoms with Crippen LogP contribution in [0.25, 0.3) is 0 Å². The molecule has 0 spiro atoms. The first-order valence-corrected chi connectivity index (χ1v) is 5.93. The maximum Gasteiger partial charge on any atom is 0.407 e. The standard InChI is InChI=1S/C12H14F3N3O3/c1-21-11(20)18-7-9-6-8(2-4-16-9)10(19)17-5-3-12(13,14)15/h2,4,6H,3,5,7H2,1H3,(H,17,19)(H,18,20). The number of carbonyl (C=O) groups is 2. The maximum atomic E-state index is 12.0. The molecule has 6 nitrogen and oxygen atoms in total. The van der Waals surface area contributed by atoms with E-state index in [4.69, 9.17) is 0 Å². The number of hydrogen-bond donors (Lipinski definition) is 2. The predicted octanol–water partition coefficient (Wildman–Crippen LogP) is 1.62. The van der Waals surface area contributed by atoms with Crippen LogP contribution >= 0.6 is 0 Å². The molecule has 9 heteroatoms. The van der Waals surface area contributed by atoms with Gasteiger partial charge < -0.3 is 15.4 Å². The number of carbonyl (C=O) groups excluding carboxylic acids is 2. The lowest BCUT2D eigenvalue weighted by Crippen LogP contribution is -2.28. The topological polar surface area (TPSA) is 80.3 Å². The lowest BCUT2D eigenvalue weighted by Gasteiger charge is -2.09. The number of nitrogens with zero attached hydrogens (tertiary/aromatic N) is 1. The smallest absolute Gasteiger partial charge is 0.407 e. The van der Waals surface area contributed by atoms with Crippen molar-refractivity contribution >= 4 is 12.0 Å². The molecule has 0 saturated carbocycles. The maximum absolute atomic E-state index is 12.0. The van der Waals surface area contributed by atoms with E-state index in [9.17, 15) is 22.8 Å². The van der Waals surface area contributed by atoms with Crippen LogP contribution in [0.1, 0.15) is 22.5 Å². The van der Waals surface area contributed by atoms with E-state index in [1.54, 1.807) is 0 Å². The fourth-order valence-corrected chi connectivity index (χ4v) is 1.37. The molecule has 0 atom stereocenters. The van der Waals surface area contributed by atoms with Crippen LogP contribution in [-0.4, -0.2) is 36.8 Å². The number of alkyl halides is 3. The molecule has 1 rings (SSSR count). The molecule has 0 fully saturated rings. The number of hydrogen-bond acceptors (Lipinski definition) is 4. The van der Waals surface area contributed by atoms with E-state index in [0.29, 0.717) is 5.69 Å². The van der Waals surface area contributed by atoms with Gasteiger partial charge in [0, 0.05) is 18.3 Å². The van der Waals surface area contributed by atoms with E-state index in [2.05, 4.69) is 20.4 Å². The third-order valence-corrected chi connectivity index (χ3v) is 2.37. The van der Waals surface area contributed by atoms with Crippen molar-refractivity contribution in [3.8, 4) is 0 Å². The SMILES string of the molecule is COC(=O)NCc1cc(C(=O)NCCC(F)(F)F)ccn1. The van der Waals surface area contributed by atoms with Crippen molar-refractivity contribution in [2.24, 2.45) is 0 Å². The Kier molecular flexibility index (Phi) is 5.94.